The predicted octanol–water partition coefficient (Wildman–Crippen LogP) is 13.1. The Bertz CT molecular complexity index is 3420. The van der Waals surface area contributed by atoms with Gasteiger partial charge in [0.2, 0.25) is 0 Å². The molecule has 0 aliphatic rings. The Labute approximate surface area is 580 Å². The summed E-state index contributed by atoms with van der Waals surface area (Å²) in [6, 6.07) is 62.4. The van der Waals surface area contributed by atoms with Crippen LogP contribution in [-0.2, 0) is 13.9 Å². The van der Waals surface area contributed by atoms with E-state index in [2.05, 4.69) is 66.7 Å². The van der Waals surface area contributed by atoms with Crippen LogP contribution in [-0.4, -0.2) is 135 Å². The zero-order valence-electron chi connectivity index (χ0n) is 56.6. The van der Waals surface area contributed by atoms with Crippen LogP contribution < -0.4 is 36.9 Å². The number of methoxy groups -OCH3 is 2. The number of rotatable bonds is 22. The van der Waals surface area contributed by atoms with Crippen LogP contribution in [0.3, 0.4) is 0 Å². The Balaban J connectivity index is 0.000000422. The summed E-state index contributed by atoms with van der Waals surface area (Å²) in [7, 11) is 1.02. The molecular weight excluding hydrogens is 1280 g/mol. The van der Waals surface area contributed by atoms with Crippen LogP contribution in [0.15, 0.2) is 218 Å². The number of aromatic carboxylic acids is 1. The first-order chi connectivity index (χ1) is 47.0. The van der Waals surface area contributed by atoms with Gasteiger partial charge in [0.15, 0.2) is 8.32 Å². The Morgan fingerprint density at radius 1 is 0.444 bits per heavy atom. The smallest absolute Gasteiger partial charge is 0.337 e. The average Bonchev–Trinajstić information content (AvgIpc) is 0.857. The minimum absolute atomic E-state index is 0. The lowest BCUT2D eigenvalue weighted by Crippen LogP contribution is -2.41. The summed E-state index contributed by atoms with van der Waals surface area (Å²) in [5.74, 6) is -0.132. The van der Waals surface area contributed by atoms with Crippen LogP contribution in [0.2, 0.25) is 18.1 Å². The normalized spacial score (nSPS) is 10.2. The third-order valence-electron chi connectivity index (χ3n) is 14.7. The molecule has 0 spiro atoms. The number of carboxylic acids is 1. The minimum Gasteiger partial charge on any atom is -0.478 e. The first-order valence-corrected chi connectivity index (χ1v) is 34.0. The van der Waals surface area contributed by atoms with Gasteiger partial charge in [0.05, 0.1) is 44.1 Å². The SMILES string of the molecule is C.CC(C)(C)[Si](C)(C)OCCNc1ccccc1.CCCN(C(=O)c1ccc(C(=O)NO)cc1)c1ccccc1.CCCN(C(=O)c1ccc(C(=O)OC)cc1)c1ccccc1.COC(=O)c1ccc(C(=O)O)cc1.NO.O=C(NO)c1ccc(C(=O)N(CCO)c2ccccc2)cc1. The molecule has 8 rings (SSSR count). The van der Waals surface area contributed by atoms with Gasteiger partial charge in [-0.1, -0.05) is 115 Å². The Hall–Kier alpha value is -10.7. The van der Waals surface area contributed by atoms with Gasteiger partial charge in [-0.2, -0.15) is 0 Å². The summed E-state index contributed by atoms with van der Waals surface area (Å²) in [6.07, 6.45) is 1.70. The largest absolute Gasteiger partial charge is 0.478 e. The molecule has 0 aliphatic heterocycles. The highest BCUT2D eigenvalue weighted by Crippen LogP contribution is 2.36. The van der Waals surface area contributed by atoms with E-state index in [0.717, 1.165) is 43.1 Å². The molecule has 24 heteroatoms. The van der Waals surface area contributed by atoms with Crippen molar-refractivity contribution in [3.05, 3.63) is 263 Å². The molecule has 5 amide bonds. The average molecular weight is 1380 g/mol. The lowest BCUT2D eigenvalue weighted by Gasteiger charge is -2.36. The second kappa shape index (κ2) is 44.9. The summed E-state index contributed by atoms with van der Waals surface area (Å²) in [5.41, 5.74) is 9.51. The van der Waals surface area contributed by atoms with Crippen molar-refractivity contribution in [2.75, 3.05) is 73.6 Å². The van der Waals surface area contributed by atoms with Gasteiger partial charge in [-0.3, -0.25) is 34.4 Å². The monoisotopic (exact) mass is 1380 g/mol. The molecule has 0 unspecified atom stereocenters. The van der Waals surface area contributed by atoms with Crippen molar-refractivity contribution in [1.82, 2.24) is 11.0 Å². The van der Waals surface area contributed by atoms with Crippen LogP contribution in [0.5, 0.6) is 0 Å². The first-order valence-electron chi connectivity index (χ1n) is 31.1. The molecule has 0 radical (unpaired) electrons. The molecule has 8 aromatic rings. The number of ether oxygens (including phenoxy) is 2. The maximum Gasteiger partial charge on any atom is 0.337 e. The lowest BCUT2D eigenvalue weighted by molar-refractivity contribution is 0.0591. The van der Waals surface area contributed by atoms with Crippen molar-refractivity contribution in [2.24, 2.45) is 5.90 Å². The number of anilines is 4. The van der Waals surface area contributed by atoms with E-state index in [1.807, 2.05) is 111 Å². The third-order valence-corrected chi connectivity index (χ3v) is 19.3. The Morgan fingerprint density at radius 3 is 1.00 bits per heavy atom. The summed E-state index contributed by atoms with van der Waals surface area (Å²) < 4.78 is 15.2. The molecule has 0 aliphatic carbocycles. The van der Waals surface area contributed by atoms with E-state index in [9.17, 15) is 38.4 Å². The number of amides is 5. The number of para-hydroxylation sites is 4. The number of carbonyl (C=O) groups is 8. The van der Waals surface area contributed by atoms with E-state index < -0.39 is 38.0 Å². The molecule has 0 bridgehead atoms. The van der Waals surface area contributed by atoms with Crippen LogP contribution in [0.25, 0.3) is 0 Å². The van der Waals surface area contributed by atoms with Crippen molar-refractivity contribution in [2.45, 2.75) is 73.0 Å². The van der Waals surface area contributed by atoms with Crippen LogP contribution in [0, 0.1) is 0 Å². The van der Waals surface area contributed by atoms with E-state index in [0.29, 0.717) is 57.2 Å². The molecule has 0 fully saturated rings. The quantitative estimate of drug-likeness (QED) is 0.0100. The predicted molar refractivity (Wildman–Crippen MR) is 387 cm³/mol. The second-order valence-electron chi connectivity index (χ2n) is 22.5. The fraction of sp³-hybridized carbons (Fsp3) is 0.253. The fourth-order valence-corrected chi connectivity index (χ4v) is 9.59. The summed E-state index contributed by atoms with van der Waals surface area (Å²) in [6.45, 7) is 18.3. The molecule has 8 aromatic carbocycles. The number of hydrogen-bond acceptors (Lipinski definition) is 17. The van der Waals surface area contributed by atoms with Gasteiger partial charge >= 0.3 is 17.9 Å². The van der Waals surface area contributed by atoms with Crippen molar-refractivity contribution in [3.63, 3.8) is 0 Å². The van der Waals surface area contributed by atoms with Crippen molar-refractivity contribution >= 4 is 78.5 Å². The molecule has 10 N–H and O–H groups in total. The summed E-state index contributed by atoms with van der Waals surface area (Å²) >= 11 is 0. The number of hydroxylamine groups is 2. The van der Waals surface area contributed by atoms with E-state index in [1.54, 1.807) is 63.8 Å². The van der Waals surface area contributed by atoms with E-state index in [4.69, 9.17) is 30.3 Å². The Morgan fingerprint density at radius 2 is 0.727 bits per heavy atom. The lowest BCUT2D eigenvalue weighted by atomic mass is 10.1. The number of nitrogens with one attached hydrogen (secondary N) is 3. The highest BCUT2D eigenvalue weighted by atomic mass is 28.4. The first kappa shape index (κ1) is 84.4. The summed E-state index contributed by atoms with van der Waals surface area (Å²) in [4.78, 5) is 98.2. The number of aliphatic hydroxyl groups is 1. The molecule has 99 heavy (non-hydrogen) atoms. The number of esters is 2. The van der Waals surface area contributed by atoms with Crippen LogP contribution in [0.4, 0.5) is 22.7 Å². The van der Waals surface area contributed by atoms with E-state index in [-0.39, 0.29) is 49.4 Å². The van der Waals surface area contributed by atoms with Crippen molar-refractivity contribution in [3.8, 4) is 0 Å². The molecule has 23 nitrogen and oxygen atoms in total. The molecule has 0 heterocycles. The molecule has 528 valence electrons. The van der Waals surface area contributed by atoms with Gasteiger partial charge in [0, 0.05) is 76.7 Å². The maximum atomic E-state index is 12.7. The molecule has 0 saturated carbocycles. The zero-order valence-corrected chi connectivity index (χ0v) is 57.6. The second-order valence-corrected chi connectivity index (χ2v) is 27.3. The Kier molecular flexibility index (Phi) is 38.3. The highest BCUT2D eigenvalue weighted by Gasteiger charge is 2.37. The highest BCUT2D eigenvalue weighted by molar-refractivity contribution is 6.74. The number of hydrogen-bond donors (Lipinski definition) is 9. The number of carbonyl (C=O) groups excluding carboxylic acids is 7. The zero-order chi connectivity index (χ0) is 72.6. The van der Waals surface area contributed by atoms with Gasteiger partial charge in [-0.25, -0.2) is 31.2 Å². The number of nitrogens with zero attached hydrogens (tertiary/aromatic N) is 3. The fourth-order valence-electron chi connectivity index (χ4n) is 8.55. The molecule has 0 aromatic heterocycles. The van der Waals surface area contributed by atoms with Crippen molar-refractivity contribution in [1.29, 1.82) is 0 Å². The summed E-state index contributed by atoms with van der Waals surface area (Å²) in [5, 5.41) is 45.1. The van der Waals surface area contributed by atoms with Crippen molar-refractivity contribution < 1.29 is 78.1 Å². The minimum atomic E-state index is -1.58. The third kappa shape index (κ3) is 27.7. The topological polar surface area (TPSA) is 337 Å². The van der Waals surface area contributed by atoms with Gasteiger partial charge in [-0.15, -0.1) is 0 Å². The van der Waals surface area contributed by atoms with Crippen LogP contribution >= 0.6 is 0 Å². The van der Waals surface area contributed by atoms with Gasteiger partial charge in [0.25, 0.3) is 29.5 Å². The number of nitrogens with two attached hydrogens (primary N) is 1. The molecule has 0 atom stereocenters. The van der Waals surface area contributed by atoms with Crippen LogP contribution in [0.1, 0.15) is 138 Å². The molecular formula is C75H93N7O16Si. The van der Waals surface area contributed by atoms with E-state index >= 15 is 0 Å². The van der Waals surface area contributed by atoms with E-state index in [1.165, 1.54) is 85.3 Å². The number of benzene rings is 8. The number of carboxylic acid groups (broad SMARTS) is 1. The van der Waals surface area contributed by atoms with Gasteiger partial charge in [-0.05, 0) is 177 Å². The number of aliphatic hydroxyl groups excluding tert-OH is 1. The maximum absolute atomic E-state index is 12.7. The van der Waals surface area contributed by atoms with Gasteiger partial charge < -0.3 is 49.3 Å². The molecule has 0 saturated heterocycles. The van der Waals surface area contributed by atoms with Gasteiger partial charge in [0.1, 0.15) is 0 Å². The standard InChI is InChI=1S/C18H19NO3.C17H18N2O3.C16H16N2O4.C14H25NOSi.C9H8O4.CH4.H3NO/c1-3-13-19(16-7-5-4-6-8-16)17(20)14-9-11-15(12-10-14)18(21)22-2;1-2-12-19(15-6-4-3-5-7-15)17(21)14-10-8-13(9-11-14)16(20)18-22;19-11-10-18(14-4-2-1-3-5-14)16(21)13-8-6-12(7-9-13)15(20)17-22;1-14(2,3)17(4,5)16-12-11-15-13-9-7-6-8-10-13;1-13-9(12)7-4-2-6(3-5-7)8(10)11;;1-2/h4-12H,3,13H2,1-2H3;3-11,22H,2,12H2,1H3,(H,18,20);1-9,19,22H,10-11H2,(H,17,20);6-10,15H,11-12H2,1-5H3;2-5H,1H3,(H,10,11);1H4;2H,1H2.